The molecule has 3 aromatic rings. The first-order chi connectivity index (χ1) is 17.9. The number of nitrogen functional groups attached to an aromatic ring is 1. The molecule has 10 heteroatoms. The number of aromatic nitrogens is 2. The zero-order valence-corrected chi connectivity index (χ0v) is 18.3. The molecule has 0 aliphatic heterocycles. The van der Waals surface area contributed by atoms with Gasteiger partial charge >= 0.3 is 0 Å². The summed E-state index contributed by atoms with van der Waals surface area (Å²) in [7, 11) is -2.82. The van der Waals surface area contributed by atoms with Gasteiger partial charge < -0.3 is 15.8 Å². The van der Waals surface area contributed by atoms with Gasteiger partial charge in [0.15, 0.2) is 0 Å². The third-order valence-electron chi connectivity index (χ3n) is 6.55. The number of benzene rings is 2. The number of anilines is 1. The summed E-state index contributed by atoms with van der Waals surface area (Å²) in [5.41, 5.74) is 8.43. The molecule has 2 aliphatic carbocycles. The van der Waals surface area contributed by atoms with E-state index in [-0.39, 0.29) is 41.4 Å². The smallest absolute Gasteiger partial charge is 0.255 e. The third-order valence-corrected chi connectivity index (χ3v) is 6.55. The second-order valence-electron chi connectivity index (χ2n) is 8.79. The Morgan fingerprint density at radius 2 is 2.20 bits per heavy atom. The van der Waals surface area contributed by atoms with E-state index >= 15 is 0 Å². The maximum Gasteiger partial charge on any atom is 0.255 e. The fourth-order valence-corrected chi connectivity index (χ4v) is 4.52. The molecule has 1 fully saturated rings. The molecule has 0 saturated heterocycles. The van der Waals surface area contributed by atoms with Crippen LogP contribution in [0.3, 0.4) is 0 Å². The van der Waals surface area contributed by atoms with Crippen molar-refractivity contribution in [2.24, 2.45) is 5.92 Å². The monoisotopic (exact) mass is 484 g/mol. The Bertz CT molecular complexity index is 1480. The summed E-state index contributed by atoms with van der Waals surface area (Å²) in [6, 6.07) is 9.85. The maximum absolute atomic E-state index is 13.8. The van der Waals surface area contributed by atoms with Crippen LogP contribution in [0.15, 0.2) is 36.4 Å². The van der Waals surface area contributed by atoms with Gasteiger partial charge in [0.1, 0.15) is 34.7 Å². The Morgan fingerprint density at radius 1 is 1.40 bits per heavy atom. The van der Waals surface area contributed by atoms with Crippen LogP contribution in [0.2, 0.25) is 0 Å². The summed E-state index contributed by atoms with van der Waals surface area (Å²) in [4.78, 5) is 13.0. The number of carbonyl (C=O) groups excluding carboxylic acids is 1. The van der Waals surface area contributed by atoms with Crippen LogP contribution in [0, 0.1) is 23.1 Å². The first-order valence-electron chi connectivity index (χ1n) is 12.4. The number of fused-ring (bicyclic) bond motifs is 1. The predicted molar refractivity (Wildman–Crippen MR) is 121 cm³/mol. The second kappa shape index (κ2) is 8.34. The number of nitrogens with one attached hydrogen (secondary N) is 1. The molecule has 1 amide bonds. The lowest BCUT2D eigenvalue weighted by Crippen LogP contribution is -2.27. The van der Waals surface area contributed by atoms with E-state index in [2.05, 4.69) is 10.4 Å². The van der Waals surface area contributed by atoms with Crippen LogP contribution in [-0.4, -0.2) is 28.6 Å². The number of carbonyl (C=O) groups is 1. The van der Waals surface area contributed by atoms with Crippen LogP contribution in [-0.2, 0) is 13.0 Å². The average molecular weight is 484 g/mol. The number of nitrogens with two attached hydrogens (primary N) is 1. The summed E-state index contributed by atoms with van der Waals surface area (Å²) in [5.74, 6) is -5.26. The van der Waals surface area contributed by atoms with Gasteiger partial charge in [-0.2, -0.15) is 10.4 Å². The van der Waals surface area contributed by atoms with E-state index in [1.165, 1.54) is 4.68 Å². The Labute approximate surface area is 203 Å². The lowest BCUT2D eigenvalue weighted by Gasteiger charge is -2.16. The Hall–Kier alpha value is -4.00. The van der Waals surface area contributed by atoms with E-state index < -0.39 is 36.6 Å². The molecule has 2 aliphatic rings. The van der Waals surface area contributed by atoms with Crippen molar-refractivity contribution in [3.63, 3.8) is 0 Å². The quantitative estimate of drug-likeness (QED) is 0.545. The highest BCUT2D eigenvalue weighted by Gasteiger charge is 2.57. The first kappa shape index (κ1) is 19.3. The van der Waals surface area contributed by atoms with Gasteiger partial charge in [-0.1, -0.05) is 12.1 Å². The van der Waals surface area contributed by atoms with Crippen molar-refractivity contribution in [1.82, 2.24) is 15.1 Å². The van der Waals surface area contributed by atoms with Crippen LogP contribution in [0.25, 0.3) is 11.3 Å². The van der Waals surface area contributed by atoms with E-state index in [1.807, 2.05) is 12.1 Å². The highest BCUT2D eigenvalue weighted by Crippen LogP contribution is 2.50. The lowest BCUT2D eigenvalue weighted by molar-refractivity contribution is 0.0929. The van der Waals surface area contributed by atoms with E-state index in [9.17, 15) is 23.2 Å². The zero-order valence-electron chi connectivity index (χ0n) is 21.3. The number of alkyl halides is 2. The molecule has 180 valence electrons. The number of nitriles is 1. The number of nitrogens with zero attached hydrogens (tertiary/aromatic N) is 3. The summed E-state index contributed by atoms with van der Waals surface area (Å²) in [5, 5.41) is 16.8. The fourth-order valence-electron chi connectivity index (χ4n) is 4.52. The number of amides is 1. The van der Waals surface area contributed by atoms with Gasteiger partial charge in [-0.05, 0) is 48.2 Å². The van der Waals surface area contributed by atoms with Gasteiger partial charge in [0.05, 0.1) is 29.3 Å². The number of methoxy groups -OCH3 is 1. The summed E-state index contributed by atoms with van der Waals surface area (Å²) < 4.78 is 68.6. The van der Waals surface area contributed by atoms with Gasteiger partial charge in [0.25, 0.3) is 11.8 Å². The van der Waals surface area contributed by atoms with Crippen molar-refractivity contribution in [3.05, 3.63) is 64.5 Å². The van der Waals surface area contributed by atoms with Gasteiger partial charge in [0, 0.05) is 17.9 Å². The maximum atomic E-state index is 13.8. The van der Waals surface area contributed by atoms with Crippen molar-refractivity contribution in [2.75, 3.05) is 12.8 Å². The Balaban J connectivity index is 1.38. The third kappa shape index (κ3) is 4.07. The molecule has 35 heavy (non-hydrogen) atoms. The van der Waals surface area contributed by atoms with Crippen molar-refractivity contribution >= 4 is 11.7 Å². The minimum Gasteiger partial charge on any atom is -0.496 e. The fraction of sp³-hybridized carbons (Fsp3) is 0.320. The number of halogens is 3. The van der Waals surface area contributed by atoms with E-state index in [0.717, 1.165) is 29.3 Å². The molecular formula is C25H22F3N5O2. The molecule has 0 bridgehead atoms. The molecule has 2 aromatic carbocycles. The number of hydrogen-bond donors (Lipinski definition) is 2. The number of rotatable bonds is 6. The summed E-state index contributed by atoms with van der Waals surface area (Å²) in [6.07, 6.45) is 0.852. The van der Waals surface area contributed by atoms with E-state index in [4.69, 9.17) is 14.6 Å². The van der Waals surface area contributed by atoms with Gasteiger partial charge in [0.2, 0.25) is 0 Å². The molecule has 0 spiro atoms. The molecule has 3 N–H and O–H groups in total. The van der Waals surface area contributed by atoms with Crippen molar-refractivity contribution in [2.45, 2.75) is 37.8 Å². The standard InChI is InChI=1S/C25H22F3N5O2/c1-35-21-7-4-16(26)9-18(21)24(34)31-20-6-3-13-8-14(2-5-17(13)20)22-19(11-29)23(30)33(32-22)12-15-10-25(15,27)28/h2,4-5,7-9,15,20H,3,6,10,12,30H2,1H3,(H,31,34)/i1D3. The van der Waals surface area contributed by atoms with Crippen LogP contribution in [0.5, 0.6) is 5.75 Å². The minimum absolute atomic E-state index is 0.0287. The average Bonchev–Trinajstić information content (AvgIpc) is 3.13. The van der Waals surface area contributed by atoms with Crippen LogP contribution in [0.1, 0.15) is 50.0 Å². The van der Waals surface area contributed by atoms with Gasteiger partial charge in [-0.25, -0.2) is 17.9 Å². The van der Waals surface area contributed by atoms with Crippen molar-refractivity contribution in [3.8, 4) is 23.1 Å². The van der Waals surface area contributed by atoms with Crippen LogP contribution >= 0.6 is 0 Å². The van der Waals surface area contributed by atoms with Crippen LogP contribution < -0.4 is 15.8 Å². The summed E-state index contributed by atoms with van der Waals surface area (Å²) in [6.45, 7) is -0.0832. The van der Waals surface area contributed by atoms with Gasteiger partial charge in [-0.15, -0.1) is 0 Å². The molecule has 0 radical (unpaired) electrons. The lowest BCUT2D eigenvalue weighted by atomic mass is 10.0. The van der Waals surface area contributed by atoms with E-state index in [1.54, 1.807) is 12.1 Å². The molecular weight excluding hydrogens is 459 g/mol. The number of hydrogen-bond acceptors (Lipinski definition) is 5. The Morgan fingerprint density at radius 3 is 2.91 bits per heavy atom. The predicted octanol–water partition coefficient (Wildman–Crippen LogP) is 4.22. The molecule has 1 heterocycles. The molecule has 2 atom stereocenters. The SMILES string of the molecule is [2H]C([2H])([2H])Oc1ccc(F)cc1C(=O)NC1CCc2cc(-c3nn(CC4CC4(F)F)c(N)c3C#N)ccc21. The number of aryl methyl sites for hydroxylation is 1. The molecule has 5 rings (SSSR count). The minimum atomic E-state index is -2.82. The molecule has 1 aromatic heterocycles. The largest absolute Gasteiger partial charge is 0.496 e. The zero-order chi connectivity index (χ0) is 27.4. The second-order valence-corrected chi connectivity index (χ2v) is 8.79. The van der Waals surface area contributed by atoms with Gasteiger partial charge in [-0.3, -0.25) is 4.79 Å². The molecule has 2 unspecified atom stereocenters. The molecule has 1 saturated carbocycles. The number of ether oxygens (including phenoxy) is 1. The normalized spacial score (nSPS) is 21.3. The van der Waals surface area contributed by atoms with E-state index in [0.29, 0.717) is 18.4 Å². The highest BCUT2D eigenvalue weighted by atomic mass is 19.3. The molecule has 7 nitrogen and oxygen atoms in total. The topological polar surface area (TPSA) is 106 Å². The van der Waals surface area contributed by atoms with Crippen molar-refractivity contribution in [1.29, 1.82) is 5.26 Å². The Kier molecular flexibility index (Phi) is 4.60. The van der Waals surface area contributed by atoms with Crippen molar-refractivity contribution < 1.29 is 26.8 Å². The summed E-state index contributed by atoms with van der Waals surface area (Å²) >= 11 is 0. The first-order valence-corrected chi connectivity index (χ1v) is 10.9. The highest BCUT2D eigenvalue weighted by molar-refractivity contribution is 5.97. The van der Waals surface area contributed by atoms with Crippen LogP contribution in [0.4, 0.5) is 19.0 Å².